The Morgan fingerprint density at radius 2 is 2.22 bits per heavy atom. The van der Waals surface area contributed by atoms with Gasteiger partial charge in [0, 0.05) is 25.2 Å². The van der Waals surface area contributed by atoms with E-state index in [4.69, 9.17) is 4.42 Å². The number of furan rings is 1. The summed E-state index contributed by atoms with van der Waals surface area (Å²) < 4.78 is 7.46. The van der Waals surface area contributed by atoms with Gasteiger partial charge in [-0.3, -0.25) is 4.68 Å². The Kier molecular flexibility index (Phi) is 4.20. The minimum Gasteiger partial charge on any atom is -0.469 e. The van der Waals surface area contributed by atoms with Gasteiger partial charge in [0.05, 0.1) is 18.0 Å². The van der Waals surface area contributed by atoms with Crippen molar-refractivity contribution in [1.29, 1.82) is 0 Å². The lowest BCUT2D eigenvalue weighted by Crippen LogP contribution is -2.25. The fourth-order valence-electron chi connectivity index (χ4n) is 2.22. The molecule has 0 saturated heterocycles. The summed E-state index contributed by atoms with van der Waals surface area (Å²) in [4.78, 5) is 0. The van der Waals surface area contributed by atoms with Gasteiger partial charge in [0.15, 0.2) is 0 Å². The van der Waals surface area contributed by atoms with Crippen molar-refractivity contribution in [3.8, 4) is 0 Å². The number of nitrogens with one attached hydrogen (secondary N) is 1. The fourth-order valence-corrected chi connectivity index (χ4v) is 2.22. The number of hydrogen-bond donors (Lipinski definition) is 1. The highest BCUT2D eigenvalue weighted by atomic mass is 16.3. The molecule has 18 heavy (non-hydrogen) atoms. The third-order valence-corrected chi connectivity index (χ3v) is 3.17. The summed E-state index contributed by atoms with van der Waals surface area (Å²) in [6, 6.07) is 4.27. The molecule has 2 aromatic heterocycles. The second-order valence-electron chi connectivity index (χ2n) is 4.42. The molecule has 0 amide bonds. The van der Waals surface area contributed by atoms with Gasteiger partial charge in [-0.15, -0.1) is 0 Å². The molecule has 98 valence electrons. The summed E-state index contributed by atoms with van der Waals surface area (Å²) in [5.41, 5.74) is 2.38. The highest BCUT2D eigenvalue weighted by Gasteiger charge is 2.20. The highest BCUT2D eigenvalue weighted by molar-refractivity contribution is 5.29. The average molecular weight is 247 g/mol. The molecule has 4 heteroatoms. The molecule has 0 bridgehead atoms. The number of hydrogen-bond acceptors (Lipinski definition) is 3. The molecule has 4 nitrogen and oxygen atoms in total. The van der Waals surface area contributed by atoms with E-state index >= 15 is 0 Å². The third kappa shape index (κ3) is 2.48. The number of rotatable bonds is 6. The summed E-state index contributed by atoms with van der Waals surface area (Å²) >= 11 is 0. The van der Waals surface area contributed by atoms with Gasteiger partial charge >= 0.3 is 0 Å². The van der Waals surface area contributed by atoms with Crippen LogP contribution < -0.4 is 5.32 Å². The minimum absolute atomic E-state index is 0.158. The van der Waals surface area contributed by atoms with Gasteiger partial charge in [0.1, 0.15) is 5.76 Å². The second kappa shape index (κ2) is 5.87. The van der Waals surface area contributed by atoms with E-state index in [1.54, 1.807) is 6.26 Å². The zero-order chi connectivity index (χ0) is 13.0. The van der Waals surface area contributed by atoms with Crippen LogP contribution in [0.2, 0.25) is 0 Å². The first-order chi connectivity index (χ1) is 8.77. The van der Waals surface area contributed by atoms with Crippen LogP contribution >= 0.6 is 0 Å². The molecular formula is C14H21N3O. The molecule has 0 aliphatic carbocycles. The lowest BCUT2D eigenvalue weighted by Gasteiger charge is -2.18. The predicted molar refractivity (Wildman–Crippen MR) is 71.4 cm³/mol. The van der Waals surface area contributed by atoms with E-state index in [0.29, 0.717) is 0 Å². The van der Waals surface area contributed by atoms with Crippen LogP contribution in [0, 0.1) is 0 Å². The normalized spacial score (nSPS) is 12.8. The molecule has 2 aromatic rings. The van der Waals surface area contributed by atoms with Gasteiger partial charge < -0.3 is 9.73 Å². The maximum atomic E-state index is 5.54. The van der Waals surface area contributed by atoms with Gasteiger partial charge in [0.25, 0.3) is 0 Å². The highest BCUT2D eigenvalue weighted by Crippen LogP contribution is 2.26. The van der Waals surface area contributed by atoms with E-state index < -0.39 is 0 Å². The van der Waals surface area contributed by atoms with E-state index in [9.17, 15) is 0 Å². The van der Waals surface area contributed by atoms with E-state index in [1.165, 1.54) is 11.3 Å². The van der Waals surface area contributed by atoms with Gasteiger partial charge in [-0.25, -0.2) is 0 Å². The molecule has 2 heterocycles. The lowest BCUT2D eigenvalue weighted by atomic mass is 10.0. The molecule has 1 N–H and O–H groups in total. The van der Waals surface area contributed by atoms with Crippen LogP contribution in [0.3, 0.4) is 0 Å². The second-order valence-corrected chi connectivity index (χ2v) is 4.42. The van der Waals surface area contributed by atoms with Crippen LogP contribution in [0.4, 0.5) is 0 Å². The Morgan fingerprint density at radius 3 is 2.83 bits per heavy atom. The van der Waals surface area contributed by atoms with Crippen LogP contribution in [0.25, 0.3) is 0 Å². The summed E-state index contributed by atoms with van der Waals surface area (Å²) in [5.74, 6) is 1.05. The van der Waals surface area contributed by atoms with Crippen LogP contribution in [-0.2, 0) is 13.5 Å². The quantitative estimate of drug-likeness (QED) is 0.853. The first-order valence-electron chi connectivity index (χ1n) is 6.55. The first-order valence-corrected chi connectivity index (χ1v) is 6.55. The minimum atomic E-state index is 0.158. The maximum Gasteiger partial charge on any atom is 0.108 e. The summed E-state index contributed by atoms with van der Waals surface area (Å²) in [5, 5.41) is 7.83. The van der Waals surface area contributed by atoms with Crippen molar-refractivity contribution in [2.75, 3.05) is 6.54 Å². The van der Waals surface area contributed by atoms with E-state index in [0.717, 1.165) is 25.1 Å². The number of nitrogens with zero attached hydrogens (tertiary/aromatic N) is 2. The van der Waals surface area contributed by atoms with E-state index in [1.807, 2.05) is 17.9 Å². The van der Waals surface area contributed by atoms with Crippen molar-refractivity contribution in [3.05, 3.63) is 41.6 Å². The Hall–Kier alpha value is -1.55. The zero-order valence-corrected chi connectivity index (χ0v) is 11.3. The van der Waals surface area contributed by atoms with Crippen molar-refractivity contribution in [3.63, 3.8) is 0 Å². The standard InChI is InChI=1S/C14H21N3O/c1-4-8-15-14(12-6-9-16-17(12)3)11-7-10-18-13(11)5-2/h6-7,9-10,14-15H,4-5,8H2,1-3H3. The third-order valence-electron chi connectivity index (χ3n) is 3.17. The lowest BCUT2D eigenvalue weighted by molar-refractivity contribution is 0.493. The summed E-state index contributed by atoms with van der Waals surface area (Å²) in [6.07, 6.45) is 5.62. The van der Waals surface area contributed by atoms with Crippen molar-refractivity contribution in [2.45, 2.75) is 32.7 Å². The fraction of sp³-hybridized carbons (Fsp3) is 0.500. The molecule has 0 aliphatic rings. The number of aryl methyl sites for hydroxylation is 2. The smallest absolute Gasteiger partial charge is 0.108 e. The van der Waals surface area contributed by atoms with Crippen molar-refractivity contribution >= 4 is 0 Å². The van der Waals surface area contributed by atoms with Crippen molar-refractivity contribution < 1.29 is 4.42 Å². The molecule has 0 spiro atoms. The molecule has 0 saturated carbocycles. The van der Waals surface area contributed by atoms with Gasteiger partial charge in [-0.2, -0.15) is 5.10 Å². The van der Waals surface area contributed by atoms with E-state index in [-0.39, 0.29) is 6.04 Å². The molecule has 0 radical (unpaired) electrons. The topological polar surface area (TPSA) is 43.0 Å². The average Bonchev–Trinajstić information content (AvgIpc) is 2.99. The Balaban J connectivity index is 2.34. The number of aromatic nitrogens is 2. The van der Waals surface area contributed by atoms with Crippen molar-refractivity contribution in [1.82, 2.24) is 15.1 Å². The maximum absolute atomic E-state index is 5.54. The van der Waals surface area contributed by atoms with Crippen LogP contribution in [0.5, 0.6) is 0 Å². The molecule has 2 rings (SSSR count). The van der Waals surface area contributed by atoms with Crippen LogP contribution in [-0.4, -0.2) is 16.3 Å². The summed E-state index contributed by atoms with van der Waals surface area (Å²) in [6.45, 7) is 5.26. The van der Waals surface area contributed by atoms with Gasteiger partial charge in [0.2, 0.25) is 0 Å². The largest absolute Gasteiger partial charge is 0.469 e. The first kappa shape index (κ1) is 12.9. The molecule has 0 aromatic carbocycles. The SMILES string of the molecule is CCCNC(c1ccoc1CC)c1ccnn1C. The van der Waals surface area contributed by atoms with Crippen LogP contribution in [0.1, 0.15) is 43.3 Å². The zero-order valence-electron chi connectivity index (χ0n) is 11.3. The Labute approximate surface area is 108 Å². The van der Waals surface area contributed by atoms with E-state index in [2.05, 4.69) is 36.4 Å². The monoisotopic (exact) mass is 247 g/mol. The van der Waals surface area contributed by atoms with Gasteiger partial charge in [-0.1, -0.05) is 13.8 Å². The van der Waals surface area contributed by atoms with Crippen LogP contribution in [0.15, 0.2) is 29.0 Å². The van der Waals surface area contributed by atoms with Gasteiger partial charge in [-0.05, 0) is 25.1 Å². The Bertz CT molecular complexity index is 487. The molecular weight excluding hydrogens is 226 g/mol. The molecule has 0 aliphatic heterocycles. The Morgan fingerprint density at radius 1 is 1.39 bits per heavy atom. The molecule has 1 unspecified atom stereocenters. The molecule has 1 atom stereocenters. The molecule has 0 fully saturated rings. The summed E-state index contributed by atoms with van der Waals surface area (Å²) in [7, 11) is 1.97. The van der Waals surface area contributed by atoms with Crippen molar-refractivity contribution in [2.24, 2.45) is 7.05 Å². The predicted octanol–water partition coefficient (Wildman–Crippen LogP) is 2.66.